The molecule has 0 radical (unpaired) electrons. The number of morpholine rings is 1. The molecule has 4 rings (SSSR count). The number of rotatable bonds is 2. The van der Waals surface area contributed by atoms with Crippen molar-refractivity contribution in [3.63, 3.8) is 0 Å². The van der Waals surface area contributed by atoms with Gasteiger partial charge < -0.3 is 9.64 Å². The van der Waals surface area contributed by atoms with E-state index < -0.39 is 0 Å². The van der Waals surface area contributed by atoms with Crippen LogP contribution in [0, 0.1) is 6.92 Å². The van der Waals surface area contributed by atoms with Gasteiger partial charge in [-0.2, -0.15) is 4.68 Å². The molecule has 1 amide bonds. The maximum Gasteiger partial charge on any atom is 0.276 e. The summed E-state index contributed by atoms with van der Waals surface area (Å²) in [5.41, 5.74) is 2.01. The molecule has 2 aromatic heterocycles. The van der Waals surface area contributed by atoms with E-state index in [0.717, 1.165) is 15.3 Å². The third-order valence-corrected chi connectivity index (χ3v) is 4.87. The Labute approximate surface area is 136 Å². The Balaban J connectivity index is 1.68. The minimum absolute atomic E-state index is 0.0989. The minimum atomic E-state index is -0.0989. The first-order chi connectivity index (χ1) is 11.2. The summed E-state index contributed by atoms with van der Waals surface area (Å²) in [5.74, 6) is -0.0989. The smallest absolute Gasteiger partial charge is 0.276 e. The van der Waals surface area contributed by atoms with Gasteiger partial charge in [-0.25, -0.2) is 4.98 Å². The van der Waals surface area contributed by atoms with Gasteiger partial charge in [0.15, 0.2) is 5.69 Å². The van der Waals surface area contributed by atoms with Gasteiger partial charge in [0.05, 0.1) is 29.1 Å². The van der Waals surface area contributed by atoms with E-state index in [-0.39, 0.29) is 5.91 Å². The zero-order valence-corrected chi connectivity index (χ0v) is 13.4. The first-order valence-electron chi connectivity index (χ1n) is 7.39. The van der Waals surface area contributed by atoms with Crippen LogP contribution in [0.2, 0.25) is 0 Å². The fourth-order valence-electron chi connectivity index (χ4n) is 2.58. The van der Waals surface area contributed by atoms with E-state index in [1.807, 2.05) is 31.2 Å². The molecule has 0 unspecified atom stereocenters. The third kappa shape index (κ3) is 2.49. The lowest BCUT2D eigenvalue weighted by molar-refractivity contribution is 0.0298. The van der Waals surface area contributed by atoms with Crippen molar-refractivity contribution in [2.45, 2.75) is 6.92 Å². The molecule has 7 nitrogen and oxygen atoms in total. The largest absolute Gasteiger partial charge is 0.378 e. The Morgan fingerprint density at radius 3 is 2.83 bits per heavy atom. The molecule has 8 heteroatoms. The molecule has 1 aliphatic heterocycles. The molecule has 0 atom stereocenters. The fourth-order valence-corrected chi connectivity index (χ4v) is 3.54. The predicted octanol–water partition coefficient (Wildman–Crippen LogP) is 1.66. The number of thiazole rings is 1. The molecule has 0 saturated carbocycles. The maximum absolute atomic E-state index is 12.6. The van der Waals surface area contributed by atoms with Crippen molar-refractivity contribution in [1.29, 1.82) is 0 Å². The van der Waals surface area contributed by atoms with Crippen LogP contribution >= 0.6 is 11.3 Å². The molecule has 1 aromatic carbocycles. The molecule has 23 heavy (non-hydrogen) atoms. The summed E-state index contributed by atoms with van der Waals surface area (Å²) in [6.45, 7) is 4.16. The van der Waals surface area contributed by atoms with Crippen LogP contribution in [0.1, 0.15) is 16.2 Å². The van der Waals surface area contributed by atoms with E-state index in [0.29, 0.717) is 37.7 Å². The Bertz CT molecular complexity index is 833. The number of ether oxygens (including phenoxy) is 1. The average molecular weight is 329 g/mol. The highest BCUT2D eigenvalue weighted by Crippen LogP contribution is 2.25. The second-order valence-corrected chi connectivity index (χ2v) is 6.31. The fraction of sp³-hybridized carbons (Fsp3) is 0.333. The second-order valence-electron chi connectivity index (χ2n) is 5.30. The molecular weight excluding hydrogens is 314 g/mol. The van der Waals surface area contributed by atoms with Gasteiger partial charge in [0, 0.05) is 13.1 Å². The number of hydrogen-bond donors (Lipinski definition) is 0. The van der Waals surface area contributed by atoms with E-state index in [2.05, 4.69) is 15.3 Å². The van der Waals surface area contributed by atoms with E-state index in [9.17, 15) is 4.79 Å². The average Bonchev–Trinajstić information content (AvgIpc) is 3.18. The first-order valence-corrected chi connectivity index (χ1v) is 8.21. The summed E-state index contributed by atoms with van der Waals surface area (Å²) in [7, 11) is 0. The van der Waals surface area contributed by atoms with Crippen LogP contribution in [0.25, 0.3) is 15.3 Å². The van der Waals surface area contributed by atoms with Gasteiger partial charge in [-0.05, 0) is 19.1 Å². The molecule has 3 aromatic rings. The van der Waals surface area contributed by atoms with Gasteiger partial charge >= 0.3 is 0 Å². The van der Waals surface area contributed by atoms with Gasteiger partial charge in [0.2, 0.25) is 5.13 Å². The number of benzene rings is 1. The highest BCUT2D eigenvalue weighted by atomic mass is 32.1. The third-order valence-electron chi connectivity index (χ3n) is 3.86. The van der Waals surface area contributed by atoms with Crippen molar-refractivity contribution in [2.24, 2.45) is 0 Å². The molecule has 1 fully saturated rings. The van der Waals surface area contributed by atoms with Gasteiger partial charge in [-0.1, -0.05) is 28.7 Å². The summed E-state index contributed by atoms with van der Waals surface area (Å²) < 4.78 is 8.00. The van der Waals surface area contributed by atoms with Crippen LogP contribution in [0.5, 0.6) is 0 Å². The van der Waals surface area contributed by atoms with Crippen LogP contribution in [0.4, 0.5) is 0 Å². The molecule has 1 aliphatic rings. The van der Waals surface area contributed by atoms with E-state index >= 15 is 0 Å². The number of fused-ring (bicyclic) bond motifs is 1. The van der Waals surface area contributed by atoms with Crippen molar-refractivity contribution in [1.82, 2.24) is 24.9 Å². The van der Waals surface area contributed by atoms with Crippen LogP contribution < -0.4 is 0 Å². The van der Waals surface area contributed by atoms with E-state index in [1.54, 1.807) is 9.58 Å². The first kappa shape index (κ1) is 14.3. The monoisotopic (exact) mass is 329 g/mol. The molecule has 0 aliphatic carbocycles. The number of hydrogen-bond acceptors (Lipinski definition) is 6. The summed E-state index contributed by atoms with van der Waals surface area (Å²) in [6, 6.07) is 7.91. The summed E-state index contributed by atoms with van der Waals surface area (Å²) in [5, 5.41) is 8.94. The summed E-state index contributed by atoms with van der Waals surface area (Å²) in [4.78, 5) is 18.9. The van der Waals surface area contributed by atoms with Crippen molar-refractivity contribution in [2.75, 3.05) is 26.3 Å². The second kappa shape index (κ2) is 5.71. The SMILES string of the molecule is Cc1c(C(=O)N2CCOCC2)nnn1-c1nc2ccccc2s1. The van der Waals surface area contributed by atoms with E-state index in [4.69, 9.17) is 4.74 Å². The topological polar surface area (TPSA) is 73.1 Å². The van der Waals surface area contributed by atoms with Crippen molar-refractivity contribution in [3.8, 4) is 5.13 Å². The molecule has 3 heterocycles. The lowest BCUT2D eigenvalue weighted by Crippen LogP contribution is -2.41. The Hall–Kier alpha value is -2.32. The molecule has 118 valence electrons. The highest BCUT2D eigenvalue weighted by Gasteiger charge is 2.25. The van der Waals surface area contributed by atoms with Crippen molar-refractivity contribution < 1.29 is 9.53 Å². The van der Waals surface area contributed by atoms with Crippen LogP contribution in [0.15, 0.2) is 24.3 Å². The van der Waals surface area contributed by atoms with Crippen LogP contribution in [0.3, 0.4) is 0 Å². The standard InChI is InChI=1S/C15H15N5O2S/c1-10-13(14(21)19-6-8-22-9-7-19)17-18-20(10)15-16-11-4-2-3-5-12(11)23-15/h2-5H,6-9H2,1H3. The number of amides is 1. The number of nitrogens with zero attached hydrogens (tertiary/aromatic N) is 5. The van der Waals surface area contributed by atoms with Crippen LogP contribution in [-0.2, 0) is 4.74 Å². The Kier molecular flexibility index (Phi) is 3.55. The van der Waals surface area contributed by atoms with Crippen LogP contribution in [-0.4, -0.2) is 57.1 Å². The van der Waals surface area contributed by atoms with Gasteiger partial charge in [-0.3, -0.25) is 4.79 Å². The van der Waals surface area contributed by atoms with Gasteiger partial charge in [0.25, 0.3) is 5.91 Å². The zero-order chi connectivity index (χ0) is 15.8. The molecule has 1 saturated heterocycles. The maximum atomic E-state index is 12.6. The quantitative estimate of drug-likeness (QED) is 0.715. The predicted molar refractivity (Wildman–Crippen MR) is 86.0 cm³/mol. The molecule has 0 bridgehead atoms. The normalized spacial score (nSPS) is 15.3. The zero-order valence-electron chi connectivity index (χ0n) is 12.6. The van der Waals surface area contributed by atoms with Crippen molar-refractivity contribution >= 4 is 27.5 Å². The van der Waals surface area contributed by atoms with E-state index in [1.165, 1.54) is 11.3 Å². The number of aromatic nitrogens is 4. The lowest BCUT2D eigenvalue weighted by Gasteiger charge is -2.26. The van der Waals surface area contributed by atoms with Gasteiger partial charge in [-0.15, -0.1) is 5.10 Å². The lowest BCUT2D eigenvalue weighted by atomic mass is 10.3. The molecule has 0 N–H and O–H groups in total. The number of carbonyl (C=O) groups is 1. The Morgan fingerprint density at radius 2 is 2.04 bits per heavy atom. The van der Waals surface area contributed by atoms with Gasteiger partial charge in [0.1, 0.15) is 0 Å². The van der Waals surface area contributed by atoms with Crippen molar-refractivity contribution in [3.05, 3.63) is 35.7 Å². The number of carbonyl (C=O) groups excluding carboxylic acids is 1. The molecule has 0 spiro atoms. The highest BCUT2D eigenvalue weighted by molar-refractivity contribution is 7.20. The number of para-hydroxylation sites is 1. The molecular formula is C15H15N5O2S. The minimum Gasteiger partial charge on any atom is -0.378 e. The summed E-state index contributed by atoms with van der Waals surface area (Å²) in [6.07, 6.45) is 0. The Morgan fingerprint density at radius 1 is 1.26 bits per heavy atom. The summed E-state index contributed by atoms with van der Waals surface area (Å²) >= 11 is 1.53.